The van der Waals surface area contributed by atoms with Gasteiger partial charge in [-0.15, -0.1) is 0 Å². The second kappa shape index (κ2) is 11.9. The van der Waals surface area contributed by atoms with Crippen LogP contribution in [0.25, 0.3) is 0 Å². The molecule has 8 heteroatoms. The number of fused-ring (bicyclic) bond motifs is 1. The molecule has 36 heavy (non-hydrogen) atoms. The Labute approximate surface area is 214 Å². The molecule has 0 unspecified atom stereocenters. The standard InChI is InChI=1S/C28H44O8/c1-18-8-7-9-20(17-35-25(33)16-27(5,34)15-24(31)32)14-23(30)28(6)13-12-21(22(28)11-10-18)26(3,4)36-19(2)29/h8,14,21-23,30,34H,7,9-13,15-17H2,1-6H3,(H,31,32)/b18-8+,20-14-/t21-,22+,23+,27+,28+/m1/s1. The Kier molecular flexibility index (Phi) is 9.93. The molecule has 2 rings (SSSR count). The zero-order valence-electron chi connectivity index (χ0n) is 22.6. The minimum Gasteiger partial charge on any atom is -0.481 e. The van der Waals surface area contributed by atoms with Gasteiger partial charge in [0.2, 0.25) is 0 Å². The molecule has 0 aromatic carbocycles. The molecule has 0 radical (unpaired) electrons. The second-order valence-corrected chi connectivity index (χ2v) is 11.8. The van der Waals surface area contributed by atoms with Gasteiger partial charge >= 0.3 is 17.9 Å². The lowest BCUT2D eigenvalue weighted by atomic mass is 9.67. The molecule has 2 aliphatic carbocycles. The molecular formula is C28H44O8. The average Bonchev–Trinajstić information content (AvgIpc) is 3.05. The van der Waals surface area contributed by atoms with Crippen LogP contribution >= 0.6 is 0 Å². The normalized spacial score (nSPS) is 31.9. The zero-order valence-corrected chi connectivity index (χ0v) is 22.6. The number of carboxylic acid groups (broad SMARTS) is 1. The third-order valence-electron chi connectivity index (χ3n) is 7.98. The highest BCUT2D eigenvalue weighted by Gasteiger charge is 2.53. The fraction of sp³-hybridized carbons (Fsp3) is 0.750. The molecule has 3 N–H and O–H groups in total. The molecular weight excluding hydrogens is 464 g/mol. The number of carbonyl (C=O) groups is 3. The quantitative estimate of drug-likeness (QED) is 0.326. The number of allylic oxidation sites excluding steroid dienone is 2. The number of rotatable bonds is 8. The van der Waals surface area contributed by atoms with Gasteiger partial charge in [0, 0.05) is 18.3 Å². The third-order valence-corrected chi connectivity index (χ3v) is 7.98. The van der Waals surface area contributed by atoms with Gasteiger partial charge in [0.05, 0.1) is 24.5 Å². The highest BCUT2D eigenvalue weighted by Crippen LogP contribution is 2.55. The number of hydrogen-bond donors (Lipinski definition) is 3. The Bertz CT molecular complexity index is 884. The summed E-state index contributed by atoms with van der Waals surface area (Å²) in [6.07, 6.45) is 6.93. The third kappa shape index (κ3) is 8.17. The summed E-state index contributed by atoms with van der Waals surface area (Å²) in [6, 6.07) is 0. The van der Waals surface area contributed by atoms with Crippen molar-refractivity contribution in [2.24, 2.45) is 17.3 Å². The molecule has 5 atom stereocenters. The number of aliphatic hydroxyl groups is 2. The number of ether oxygens (including phenoxy) is 2. The first-order valence-corrected chi connectivity index (χ1v) is 12.9. The molecule has 0 saturated heterocycles. The zero-order chi connectivity index (χ0) is 27.3. The Morgan fingerprint density at radius 2 is 1.81 bits per heavy atom. The fourth-order valence-corrected chi connectivity index (χ4v) is 6.02. The van der Waals surface area contributed by atoms with Crippen LogP contribution in [0.4, 0.5) is 0 Å². The Hall–Kier alpha value is -2.19. The topological polar surface area (TPSA) is 130 Å². The Morgan fingerprint density at radius 3 is 2.42 bits per heavy atom. The van der Waals surface area contributed by atoms with Gasteiger partial charge in [0.1, 0.15) is 12.2 Å². The molecule has 8 nitrogen and oxygen atoms in total. The number of aliphatic carboxylic acids is 1. The maximum atomic E-state index is 12.3. The van der Waals surface area contributed by atoms with Crippen molar-refractivity contribution in [3.63, 3.8) is 0 Å². The fourth-order valence-electron chi connectivity index (χ4n) is 6.02. The predicted octanol–water partition coefficient (Wildman–Crippen LogP) is 4.33. The molecule has 204 valence electrons. The highest BCUT2D eigenvalue weighted by atomic mass is 16.6. The lowest BCUT2D eigenvalue weighted by molar-refractivity contribution is -0.162. The van der Waals surface area contributed by atoms with E-state index in [1.807, 2.05) is 13.8 Å². The van der Waals surface area contributed by atoms with E-state index in [9.17, 15) is 24.6 Å². The summed E-state index contributed by atoms with van der Waals surface area (Å²) in [4.78, 5) is 35.0. The average molecular weight is 509 g/mol. The van der Waals surface area contributed by atoms with Gasteiger partial charge in [-0.05, 0) is 77.7 Å². The van der Waals surface area contributed by atoms with Crippen molar-refractivity contribution in [3.8, 4) is 0 Å². The maximum absolute atomic E-state index is 12.3. The summed E-state index contributed by atoms with van der Waals surface area (Å²) in [7, 11) is 0. The maximum Gasteiger partial charge on any atom is 0.309 e. The Morgan fingerprint density at radius 1 is 1.14 bits per heavy atom. The van der Waals surface area contributed by atoms with Crippen LogP contribution in [0.15, 0.2) is 23.3 Å². The number of carboxylic acids is 1. The van der Waals surface area contributed by atoms with E-state index in [0.29, 0.717) is 6.42 Å². The summed E-state index contributed by atoms with van der Waals surface area (Å²) in [6.45, 7) is 10.8. The van der Waals surface area contributed by atoms with Crippen LogP contribution in [0.5, 0.6) is 0 Å². The molecule has 0 aromatic rings. The van der Waals surface area contributed by atoms with Crippen molar-refractivity contribution >= 4 is 17.9 Å². The van der Waals surface area contributed by atoms with Gasteiger partial charge in [0.15, 0.2) is 0 Å². The van der Waals surface area contributed by atoms with Crippen LogP contribution in [0.3, 0.4) is 0 Å². The number of carbonyl (C=O) groups excluding carboxylic acids is 2. The van der Waals surface area contributed by atoms with Gasteiger partial charge in [-0.25, -0.2) is 0 Å². The molecule has 0 bridgehead atoms. The summed E-state index contributed by atoms with van der Waals surface area (Å²) in [5.74, 6) is -1.98. The van der Waals surface area contributed by atoms with Crippen molar-refractivity contribution in [2.45, 2.75) is 110 Å². The van der Waals surface area contributed by atoms with Crippen LogP contribution in [-0.2, 0) is 23.9 Å². The first-order valence-electron chi connectivity index (χ1n) is 12.9. The largest absolute Gasteiger partial charge is 0.481 e. The highest BCUT2D eigenvalue weighted by molar-refractivity contribution is 5.74. The summed E-state index contributed by atoms with van der Waals surface area (Å²) < 4.78 is 11.1. The van der Waals surface area contributed by atoms with E-state index in [2.05, 4.69) is 19.9 Å². The lowest BCUT2D eigenvalue weighted by Crippen LogP contribution is -2.44. The van der Waals surface area contributed by atoms with Gasteiger partial charge in [0.25, 0.3) is 0 Å². The van der Waals surface area contributed by atoms with Crippen molar-refractivity contribution < 1.29 is 39.2 Å². The van der Waals surface area contributed by atoms with Gasteiger partial charge < -0.3 is 24.8 Å². The minimum atomic E-state index is -1.70. The van der Waals surface area contributed by atoms with Crippen molar-refractivity contribution in [2.75, 3.05) is 6.61 Å². The van der Waals surface area contributed by atoms with Crippen molar-refractivity contribution in [1.82, 2.24) is 0 Å². The molecule has 0 spiro atoms. The molecule has 0 heterocycles. The van der Waals surface area contributed by atoms with E-state index in [-0.39, 0.29) is 24.4 Å². The van der Waals surface area contributed by atoms with Gasteiger partial charge in [-0.1, -0.05) is 24.6 Å². The molecule has 1 fully saturated rings. The first kappa shape index (κ1) is 30.0. The summed E-state index contributed by atoms with van der Waals surface area (Å²) >= 11 is 0. The van der Waals surface area contributed by atoms with Crippen LogP contribution in [0, 0.1) is 17.3 Å². The molecule has 0 aromatic heterocycles. The minimum absolute atomic E-state index is 0.0327. The summed E-state index contributed by atoms with van der Waals surface area (Å²) in [5.41, 5.74) is -0.749. The Balaban J connectivity index is 2.25. The van der Waals surface area contributed by atoms with Gasteiger partial charge in [-0.2, -0.15) is 0 Å². The van der Waals surface area contributed by atoms with E-state index < -0.39 is 47.5 Å². The van der Waals surface area contributed by atoms with E-state index in [4.69, 9.17) is 14.6 Å². The van der Waals surface area contributed by atoms with Crippen molar-refractivity contribution in [1.29, 1.82) is 0 Å². The number of aliphatic hydroxyl groups excluding tert-OH is 1. The predicted molar refractivity (Wildman–Crippen MR) is 135 cm³/mol. The molecule has 0 amide bonds. The van der Waals surface area contributed by atoms with E-state index in [1.54, 1.807) is 6.08 Å². The van der Waals surface area contributed by atoms with Gasteiger partial charge in [-0.3, -0.25) is 14.4 Å². The van der Waals surface area contributed by atoms with E-state index >= 15 is 0 Å². The SMILES string of the molecule is CC(=O)OC(C)(C)[C@@H]1CC[C@]2(C)[C@@H](O)/C=C(\COC(=O)C[C@@](C)(O)CC(=O)O)CC/C=C(\C)CC[C@@H]12. The molecule has 1 saturated carbocycles. The summed E-state index contributed by atoms with van der Waals surface area (Å²) in [5, 5.41) is 30.5. The first-order chi connectivity index (χ1) is 16.6. The van der Waals surface area contributed by atoms with Crippen LogP contribution < -0.4 is 0 Å². The number of esters is 2. The smallest absolute Gasteiger partial charge is 0.309 e. The molecule has 2 aliphatic rings. The van der Waals surface area contributed by atoms with Crippen LogP contribution in [-0.4, -0.2) is 57.1 Å². The molecule has 0 aliphatic heterocycles. The van der Waals surface area contributed by atoms with Crippen molar-refractivity contribution in [3.05, 3.63) is 23.3 Å². The monoisotopic (exact) mass is 508 g/mol. The lowest BCUT2D eigenvalue weighted by Gasteiger charge is -2.42. The van der Waals surface area contributed by atoms with E-state index in [1.165, 1.54) is 19.4 Å². The van der Waals surface area contributed by atoms with Crippen LogP contribution in [0.1, 0.15) is 92.9 Å². The van der Waals surface area contributed by atoms with E-state index in [0.717, 1.165) is 37.7 Å². The number of hydrogen-bond acceptors (Lipinski definition) is 7. The second-order valence-electron chi connectivity index (χ2n) is 11.8. The van der Waals surface area contributed by atoms with Crippen LogP contribution in [0.2, 0.25) is 0 Å².